The van der Waals surface area contributed by atoms with Crippen molar-refractivity contribution in [1.82, 2.24) is 40.4 Å². The summed E-state index contributed by atoms with van der Waals surface area (Å²) in [6, 6.07) is 19.3. The molecule has 4 atom stereocenters. The molecule has 0 saturated carbocycles. The van der Waals surface area contributed by atoms with Gasteiger partial charge in [0.25, 0.3) is 0 Å². The van der Waals surface area contributed by atoms with Gasteiger partial charge in [-0.15, -0.1) is 0 Å². The Morgan fingerprint density at radius 3 is 1.77 bits per heavy atom. The van der Waals surface area contributed by atoms with E-state index in [0.29, 0.717) is 39.1 Å². The van der Waals surface area contributed by atoms with Gasteiger partial charge in [0.15, 0.2) is 0 Å². The number of carbonyl (C=O) groups excluding carboxylic acids is 4. The fourth-order valence-electron chi connectivity index (χ4n) is 9.04. The van der Waals surface area contributed by atoms with Crippen molar-refractivity contribution in [1.29, 1.82) is 0 Å². The van der Waals surface area contributed by atoms with Crippen LogP contribution in [0.2, 0.25) is 0 Å². The summed E-state index contributed by atoms with van der Waals surface area (Å²) in [7, 11) is 2.60. The van der Waals surface area contributed by atoms with Crippen LogP contribution in [-0.2, 0) is 23.8 Å². The lowest BCUT2D eigenvalue weighted by molar-refractivity contribution is -0.137. The average Bonchev–Trinajstić information content (AvgIpc) is 4.14. The summed E-state index contributed by atoms with van der Waals surface area (Å²) >= 11 is 0. The minimum atomic E-state index is -0.688. The molecule has 320 valence electrons. The maximum Gasteiger partial charge on any atom is 0.407 e. The van der Waals surface area contributed by atoms with E-state index in [9.17, 15) is 19.2 Å². The molecule has 2 aromatic heterocycles. The lowest BCUT2D eigenvalue weighted by atomic mass is 9.90. The zero-order valence-corrected chi connectivity index (χ0v) is 35.1. The number of rotatable bonds is 11. The Kier molecular flexibility index (Phi) is 12.4. The van der Waals surface area contributed by atoms with Gasteiger partial charge in [0.1, 0.15) is 23.7 Å². The molecule has 15 nitrogen and oxygen atoms in total. The summed E-state index contributed by atoms with van der Waals surface area (Å²) in [6.07, 6.45) is 7.05. The highest BCUT2D eigenvalue weighted by Gasteiger charge is 2.40. The molecule has 61 heavy (non-hydrogen) atoms. The quantitative estimate of drug-likeness (QED) is 0.107. The molecule has 3 fully saturated rings. The molecular weight excluding hydrogens is 777 g/mol. The van der Waals surface area contributed by atoms with E-state index in [1.54, 1.807) is 0 Å². The molecule has 3 saturated heterocycles. The van der Waals surface area contributed by atoms with Crippen LogP contribution in [0.1, 0.15) is 76.1 Å². The molecule has 5 aromatic rings. The van der Waals surface area contributed by atoms with Gasteiger partial charge in [-0.1, -0.05) is 62.4 Å². The third-order valence-corrected chi connectivity index (χ3v) is 12.4. The standard InChI is InChI=1S/C46H54N8O7/c1-27(2)39(51-45(57)59-3)43(55)53-19-5-7-37(53)41-47-25-35(49-41)29-11-9-28(10-12-29)31-13-14-33-24-34(16-15-32(33)23-31)36-26-48-42(50-36)38-8-6-20-54(38)44(56)40(52-46(58)60-4)30-17-21-61-22-18-30/h9-16,23-27,30,37-40H,5-8,17-22H2,1-4H3,(H,47,49)(H,48,50)(H,51,57)(H,52,58)/t37?,38?,39-,40-/m0/s1. The maximum atomic E-state index is 14.0. The number of hydrogen-bond acceptors (Lipinski definition) is 9. The monoisotopic (exact) mass is 830 g/mol. The van der Waals surface area contributed by atoms with Gasteiger partial charge in [-0.3, -0.25) is 9.59 Å². The van der Waals surface area contributed by atoms with E-state index >= 15 is 0 Å². The summed E-state index contributed by atoms with van der Waals surface area (Å²) in [5, 5.41) is 7.71. The highest BCUT2D eigenvalue weighted by Crippen LogP contribution is 2.36. The van der Waals surface area contributed by atoms with Gasteiger partial charge >= 0.3 is 12.2 Å². The predicted octanol–water partition coefficient (Wildman–Crippen LogP) is 7.15. The van der Waals surface area contributed by atoms with E-state index < -0.39 is 24.3 Å². The van der Waals surface area contributed by atoms with Crippen molar-refractivity contribution in [3.05, 3.63) is 84.7 Å². The summed E-state index contributed by atoms with van der Waals surface area (Å²) in [5.41, 5.74) is 5.88. The summed E-state index contributed by atoms with van der Waals surface area (Å²) in [6.45, 7) is 6.11. The SMILES string of the molecule is COC(=O)N[C@H](C(=O)N1CCCC1c1ncc(-c2ccc(-c3ccc4cc(-c5cnc(C6CCCN6C(=O)[C@@H](NC(=O)OC)C6CCOCC6)[nH]5)ccc4c3)cc2)[nH]1)C(C)C. The average molecular weight is 831 g/mol. The Balaban J connectivity index is 0.936. The molecule has 3 aliphatic rings. The van der Waals surface area contributed by atoms with Gasteiger partial charge in [0, 0.05) is 31.9 Å². The van der Waals surface area contributed by atoms with E-state index in [4.69, 9.17) is 24.2 Å². The van der Waals surface area contributed by atoms with Crippen LogP contribution in [0.15, 0.2) is 73.1 Å². The molecule has 0 bridgehead atoms. The van der Waals surface area contributed by atoms with Crippen LogP contribution < -0.4 is 10.6 Å². The van der Waals surface area contributed by atoms with E-state index in [0.717, 1.165) is 81.7 Å². The number of aromatic amines is 2. The molecule has 3 aliphatic heterocycles. The smallest absolute Gasteiger partial charge is 0.407 e. The van der Waals surface area contributed by atoms with Crippen molar-refractivity contribution in [2.45, 2.75) is 76.5 Å². The summed E-state index contributed by atoms with van der Waals surface area (Å²) in [5.74, 6) is 1.07. The molecule has 0 spiro atoms. The van der Waals surface area contributed by atoms with Crippen molar-refractivity contribution >= 4 is 34.8 Å². The van der Waals surface area contributed by atoms with Crippen molar-refractivity contribution < 1.29 is 33.4 Å². The van der Waals surface area contributed by atoms with Crippen LogP contribution in [0.4, 0.5) is 9.59 Å². The van der Waals surface area contributed by atoms with Gasteiger partial charge in [0.2, 0.25) is 11.8 Å². The predicted molar refractivity (Wildman–Crippen MR) is 229 cm³/mol. The minimum Gasteiger partial charge on any atom is -0.453 e. The van der Waals surface area contributed by atoms with Crippen LogP contribution in [-0.4, -0.2) is 106 Å². The number of amides is 4. The molecule has 2 unspecified atom stereocenters. The van der Waals surface area contributed by atoms with Crippen molar-refractivity contribution in [2.75, 3.05) is 40.5 Å². The Hall–Kier alpha value is -6.22. The number of hydrogen-bond donors (Lipinski definition) is 4. The first-order valence-corrected chi connectivity index (χ1v) is 21.2. The fraction of sp³-hybridized carbons (Fsp3) is 0.435. The summed E-state index contributed by atoms with van der Waals surface area (Å²) in [4.78, 5) is 71.9. The molecule has 8 rings (SSSR count). The van der Waals surface area contributed by atoms with Crippen molar-refractivity contribution in [3.8, 4) is 33.6 Å². The van der Waals surface area contributed by atoms with Gasteiger partial charge in [0.05, 0.1) is 50.1 Å². The number of ether oxygens (including phenoxy) is 3. The topological polar surface area (TPSA) is 184 Å². The molecule has 0 radical (unpaired) electrons. The van der Waals surface area contributed by atoms with Crippen molar-refractivity contribution in [2.24, 2.45) is 11.8 Å². The van der Waals surface area contributed by atoms with E-state index in [-0.39, 0.29) is 35.7 Å². The highest BCUT2D eigenvalue weighted by molar-refractivity contribution is 5.91. The third-order valence-electron chi connectivity index (χ3n) is 12.4. The number of likely N-dealkylation sites (tertiary alicyclic amines) is 2. The fourth-order valence-corrected chi connectivity index (χ4v) is 9.04. The molecule has 3 aromatic carbocycles. The third kappa shape index (κ3) is 8.83. The number of nitrogens with one attached hydrogen (secondary N) is 4. The largest absolute Gasteiger partial charge is 0.453 e. The van der Waals surface area contributed by atoms with Crippen molar-refractivity contribution in [3.63, 3.8) is 0 Å². The lowest BCUT2D eigenvalue weighted by Crippen LogP contribution is -2.53. The Labute approximate surface area is 354 Å². The first kappa shape index (κ1) is 41.5. The van der Waals surface area contributed by atoms with Crippen LogP contribution in [0.25, 0.3) is 44.4 Å². The Bertz CT molecular complexity index is 2370. The number of methoxy groups -OCH3 is 2. The molecular formula is C46H54N8O7. The number of fused-ring (bicyclic) bond motifs is 1. The zero-order chi connectivity index (χ0) is 42.6. The number of carbonyl (C=O) groups is 4. The van der Waals surface area contributed by atoms with E-state index in [1.807, 2.05) is 36.0 Å². The van der Waals surface area contributed by atoms with Gasteiger partial charge in [-0.25, -0.2) is 19.6 Å². The number of H-pyrrole nitrogens is 2. The Morgan fingerprint density at radius 1 is 0.672 bits per heavy atom. The first-order valence-electron chi connectivity index (χ1n) is 21.2. The van der Waals surface area contributed by atoms with E-state index in [1.165, 1.54) is 14.2 Å². The molecule has 4 N–H and O–H groups in total. The zero-order valence-electron chi connectivity index (χ0n) is 35.1. The molecule has 15 heteroatoms. The van der Waals surface area contributed by atoms with Gasteiger partial charge < -0.3 is 44.6 Å². The highest BCUT2D eigenvalue weighted by atomic mass is 16.5. The van der Waals surface area contributed by atoms with E-state index in [2.05, 4.69) is 81.3 Å². The number of alkyl carbamates (subject to hydrolysis) is 2. The lowest BCUT2D eigenvalue weighted by Gasteiger charge is -2.34. The Morgan fingerprint density at radius 2 is 1.18 bits per heavy atom. The van der Waals surface area contributed by atoms with Crippen LogP contribution >= 0.6 is 0 Å². The maximum absolute atomic E-state index is 14.0. The number of aromatic nitrogens is 4. The van der Waals surface area contributed by atoms with Gasteiger partial charge in [-0.2, -0.15) is 0 Å². The van der Waals surface area contributed by atoms with Crippen LogP contribution in [0.3, 0.4) is 0 Å². The molecule has 5 heterocycles. The minimum absolute atomic E-state index is 0.0275. The second-order valence-corrected chi connectivity index (χ2v) is 16.5. The number of nitrogens with zero attached hydrogens (tertiary/aromatic N) is 4. The normalized spacial score (nSPS) is 19.2. The number of benzene rings is 3. The van der Waals surface area contributed by atoms with Gasteiger partial charge in [-0.05, 0) is 90.0 Å². The van der Waals surface area contributed by atoms with Crippen LogP contribution in [0, 0.1) is 11.8 Å². The molecule has 4 amide bonds. The first-order chi connectivity index (χ1) is 29.6. The number of imidazole rings is 2. The summed E-state index contributed by atoms with van der Waals surface area (Å²) < 4.78 is 15.2. The second-order valence-electron chi connectivity index (χ2n) is 16.5. The second kappa shape index (κ2) is 18.2. The molecule has 0 aliphatic carbocycles. The van der Waals surface area contributed by atoms with Crippen LogP contribution in [0.5, 0.6) is 0 Å².